The number of fused-ring (bicyclic) bond motifs is 1. The van der Waals surface area contributed by atoms with E-state index in [4.69, 9.17) is 5.11 Å². The number of carbonyl (C=O) groups is 1. The van der Waals surface area contributed by atoms with Gasteiger partial charge >= 0.3 is 5.97 Å². The average Bonchev–Trinajstić information content (AvgIpc) is 2.37. The summed E-state index contributed by atoms with van der Waals surface area (Å²) in [7, 11) is 0. The van der Waals surface area contributed by atoms with Crippen molar-refractivity contribution < 1.29 is 9.90 Å². The lowest BCUT2D eigenvalue weighted by molar-refractivity contribution is -0.138. The predicted octanol–water partition coefficient (Wildman–Crippen LogP) is 2.53. The molecule has 0 spiro atoms. The molecule has 0 aliphatic heterocycles. The Morgan fingerprint density at radius 3 is 2.84 bits per heavy atom. The number of hydrogen-bond donors (Lipinski definition) is 1. The summed E-state index contributed by atoms with van der Waals surface area (Å²) in [5, 5.41) is 10.0. The molecule has 2 rings (SSSR count). The minimum Gasteiger partial charge on any atom is -0.480 e. The molecule has 0 saturated heterocycles. The summed E-state index contributed by atoms with van der Waals surface area (Å²) in [6.45, 7) is 4.70. The summed E-state index contributed by atoms with van der Waals surface area (Å²) >= 11 is 0. The standard InChI is InChI=1S/C15H18N2O2/c1-11(2)17(10-15(18)19)9-12-5-6-14-13(8-12)4-3-7-16-14/h3-8,11H,9-10H2,1-2H3,(H,18,19). The van der Waals surface area contributed by atoms with E-state index < -0.39 is 5.97 Å². The first-order chi connectivity index (χ1) is 9.06. The maximum Gasteiger partial charge on any atom is 0.317 e. The number of aromatic nitrogens is 1. The van der Waals surface area contributed by atoms with Gasteiger partial charge in [0, 0.05) is 24.2 Å². The van der Waals surface area contributed by atoms with Crippen LogP contribution in [-0.2, 0) is 11.3 Å². The SMILES string of the molecule is CC(C)N(CC(=O)O)Cc1ccc2ncccc2c1. The third kappa shape index (κ3) is 3.51. The summed E-state index contributed by atoms with van der Waals surface area (Å²) in [6.07, 6.45) is 1.77. The highest BCUT2D eigenvalue weighted by molar-refractivity contribution is 5.78. The van der Waals surface area contributed by atoms with Crippen LogP contribution in [0.5, 0.6) is 0 Å². The number of benzene rings is 1. The van der Waals surface area contributed by atoms with E-state index in [1.165, 1.54) is 0 Å². The van der Waals surface area contributed by atoms with Crippen LogP contribution in [0.15, 0.2) is 36.5 Å². The number of rotatable bonds is 5. The fourth-order valence-electron chi connectivity index (χ4n) is 2.05. The maximum atomic E-state index is 10.9. The van der Waals surface area contributed by atoms with Gasteiger partial charge in [-0.1, -0.05) is 12.1 Å². The van der Waals surface area contributed by atoms with Gasteiger partial charge in [0.15, 0.2) is 0 Å². The van der Waals surface area contributed by atoms with Crippen LogP contribution < -0.4 is 0 Å². The fraction of sp³-hybridized carbons (Fsp3) is 0.333. The summed E-state index contributed by atoms with van der Waals surface area (Å²) in [5.41, 5.74) is 2.07. The van der Waals surface area contributed by atoms with Gasteiger partial charge in [-0.2, -0.15) is 0 Å². The first-order valence-electron chi connectivity index (χ1n) is 6.36. The van der Waals surface area contributed by atoms with Crippen LogP contribution in [0.3, 0.4) is 0 Å². The monoisotopic (exact) mass is 258 g/mol. The molecule has 0 fully saturated rings. The van der Waals surface area contributed by atoms with E-state index in [0.717, 1.165) is 16.5 Å². The molecule has 0 saturated carbocycles. The van der Waals surface area contributed by atoms with Crippen molar-refractivity contribution in [3.63, 3.8) is 0 Å². The van der Waals surface area contributed by atoms with Crippen molar-refractivity contribution in [2.24, 2.45) is 0 Å². The van der Waals surface area contributed by atoms with Crippen LogP contribution in [0, 0.1) is 0 Å². The molecule has 0 aliphatic carbocycles. The Morgan fingerprint density at radius 2 is 2.16 bits per heavy atom. The Balaban J connectivity index is 2.21. The number of carboxylic acid groups (broad SMARTS) is 1. The Hall–Kier alpha value is -1.94. The van der Waals surface area contributed by atoms with Gasteiger partial charge in [0.05, 0.1) is 12.1 Å². The van der Waals surface area contributed by atoms with Crippen molar-refractivity contribution in [2.45, 2.75) is 26.4 Å². The summed E-state index contributed by atoms with van der Waals surface area (Å²) < 4.78 is 0. The Bertz CT molecular complexity index is 581. The van der Waals surface area contributed by atoms with Crippen LogP contribution in [0.4, 0.5) is 0 Å². The third-order valence-electron chi connectivity index (χ3n) is 3.12. The zero-order valence-corrected chi connectivity index (χ0v) is 11.2. The van der Waals surface area contributed by atoms with Crippen LogP contribution >= 0.6 is 0 Å². The molecule has 0 amide bonds. The molecule has 1 N–H and O–H groups in total. The predicted molar refractivity (Wildman–Crippen MR) is 74.9 cm³/mol. The highest BCUT2D eigenvalue weighted by atomic mass is 16.4. The van der Waals surface area contributed by atoms with E-state index in [1.54, 1.807) is 6.20 Å². The first kappa shape index (κ1) is 13.5. The van der Waals surface area contributed by atoms with E-state index in [2.05, 4.69) is 11.1 Å². The van der Waals surface area contributed by atoms with Crippen molar-refractivity contribution in [1.82, 2.24) is 9.88 Å². The molecule has 0 radical (unpaired) electrons. The molecule has 4 nitrogen and oxygen atoms in total. The molecule has 1 heterocycles. The molecule has 1 aromatic heterocycles. The zero-order chi connectivity index (χ0) is 13.8. The summed E-state index contributed by atoms with van der Waals surface area (Å²) in [5.74, 6) is -0.795. The third-order valence-corrected chi connectivity index (χ3v) is 3.12. The molecular formula is C15H18N2O2. The van der Waals surface area contributed by atoms with E-state index in [9.17, 15) is 4.79 Å². The maximum absolute atomic E-state index is 10.9. The number of hydrogen-bond acceptors (Lipinski definition) is 3. The van der Waals surface area contributed by atoms with Crippen LogP contribution in [0.1, 0.15) is 19.4 Å². The van der Waals surface area contributed by atoms with E-state index in [-0.39, 0.29) is 12.6 Å². The van der Waals surface area contributed by atoms with Gasteiger partial charge in [-0.05, 0) is 37.6 Å². The molecule has 100 valence electrons. The molecular weight excluding hydrogens is 240 g/mol. The van der Waals surface area contributed by atoms with Crippen molar-refractivity contribution in [1.29, 1.82) is 0 Å². The number of aliphatic carboxylic acids is 1. The zero-order valence-electron chi connectivity index (χ0n) is 11.2. The molecule has 0 unspecified atom stereocenters. The van der Waals surface area contributed by atoms with Crippen molar-refractivity contribution in [2.75, 3.05) is 6.54 Å². The summed E-state index contributed by atoms with van der Waals surface area (Å²) in [4.78, 5) is 17.1. The highest BCUT2D eigenvalue weighted by Gasteiger charge is 2.13. The smallest absolute Gasteiger partial charge is 0.317 e. The van der Waals surface area contributed by atoms with Gasteiger partial charge in [-0.3, -0.25) is 14.7 Å². The van der Waals surface area contributed by atoms with Gasteiger partial charge < -0.3 is 5.11 Å². The second kappa shape index (κ2) is 5.80. The lowest BCUT2D eigenvalue weighted by Crippen LogP contribution is -2.35. The lowest BCUT2D eigenvalue weighted by atomic mass is 10.1. The van der Waals surface area contributed by atoms with Crippen LogP contribution in [0.25, 0.3) is 10.9 Å². The van der Waals surface area contributed by atoms with E-state index in [0.29, 0.717) is 6.54 Å². The Morgan fingerprint density at radius 1 is 1.37 bits per heavy atom. The summed E-state index contributed by atoms with van der Waals surface area (Å²) in [6, 6.07) is 10.2. The van der Waals surface area contributed by atoms with Crippen molar-refractivity contribution in [3.05, 3.63) is 42.1 Å². The molecule has 19 heavy (non-hydrogen) atoms. The number of pyridine rings is 1. The van der Waals surface area contributed by atoms with E-state index in [1.807, 2.05) is 43.0 Å². The molecule has 0 aliphatic rings. The van der Waals surface area contributed by atoms with E-state index >= 15 is 0 Å². The van der Waals surface area contributed by atoms with Crippen LogP contribution in [-0.4, -0.2) is 33.5 Å². The van der Waals surface area contributed by atoms with Gasteiger partial charge in [-0.15, -0.1) is 0 Å². The second-order valence-corrected chi connectivity index (χ2v) is 4.92. The second-order valence-electron chi connectivity index (χ2n) is 4.92. The molecule has 2 aromatic rings. The lowest BCUT2D eigenvalue weighted by Gasteiger charge is -2.24. The Labute approximate surface area is 112 Å². The number of nitrogens with zero attached hydrogens (tertiary/aromatic N) is 2. The largest absolute Gasteiger partial charge is 0.480 e. The topological polar surface area (TPSA) is 53.4 Å². The minimum absolute atomic E-state index is 0.0583. The quantitative estimate of drug-likeness (QED) is 0.895. The number of carboxylic acids is 1. The normalized spacial score (nSPS) is 11.4. The fourth-order valence-corrected chi connectivity index (χ4v) is 2.05. The van der Waals surface area contributed by atoms with Crippen molar-refractivity contribution in [3.8, 4) is 0 Å². The van der Waals surface area contributed by atoms with Gasteiger partial charge in [0.2, 0.25) is 0 Å². The van der Waals surface area contributed by atoms with Crippen LogP contribution in [0.2, 0.25) is 0 Å². The van der Waals surface area contributed by atoms with Gasteiger partial charge in [-0.25, -0.2) is 0 Å². The minimum atomic E-state index is -0.795. The molecule has 1 aromatic carbocycles. The first-order valence-corrected chi connectivity index (χ1v) is 6.36. The Kier molecular flexibility index (Phi) is 4.12. The van der Waals surface area contributed by atoms with Gasteiger partial charge in [0.1, 0.15) is 0 Å². The molecule has 0 bridgehead atoms. The molecule has 0 atom stereocenters. The molecule has 4 heteroatoms. The highest BCUT2D eigenvalue weighted by Crippen LogP contribution is 2.15. The average molecular weight is 258 g/mol. The van der Waals surface area contributed by atoms with Gasteiger partial charge in [0.25, 0.3) is 0 Å². The van der Waals surface area contributed by atoms with Crippen molar-refractivity contribution >= 4 is 16.9 Å².